The van der Waals surface area contributed by atoms with Crippen LogP contribution >= 0.6 is 0 Å². The summed E-state index contributed by atoms with van der Waals surface area (Å²) in [6.45, 7) is 8.39. The van der Waals surface area contributed by atoms with E-state index < -0.39 is 0 Å². The quantitative estimate of drug-likeness (QED) is 0.740. The van der Waals surface area contributed by atoms with Crippen LogP contribution in [0.3, 0.4) is 0 Å². The molecule has 0 bridgehead atoms. The zero-order valence-electron chi connectivity index (χ0n) is 10.7. The van der Waals surface area contributed by atoms with Crippen LogP contribution < -0.4 is 5.32 Å². The zero-order valence-corrected chi connectivity index (χ0v) is 10.7. The predicted molar refractivity (Wildman–Crippen MR) is 66.5 cm³/mol. The molecule has 2 rings (SSSR count). The van der Waals surface area contributed by atoms with E-state index in [4.69, 9.17) is 5.11 Å². The summed E-state index contributed by atoms with van der Waals surface area (Å²) in [5.41, 5.74) is 0.223. The maximum Gasteiger partial charge on any atom is 0.0436 e. The lowest BCUT2D eigenvalue weighted by Gasteiger charge is -2.28. The standard InChI is InChI=1S/C13H26N2O/c1-13(2,6-9-16)10-14-11-5-8-15-7-3-4-12(11)15/h11-12,14,16H,3-10H2,1-2H3. The molecule has 3 nitrogen and oxygen atoms in total. The molecule has 0 aliphatic carbocycles. The molecule has 2 heterocycles. The number of hydrogen-bond acceptors (Lipinski definition) is 3. The van der Waals surface area contributed by atoms with Crippen molar-refractivity contribution in [1.29, 1.82) is 0 Å². The summed E-state index contributed by atoms with van der Waals surface area (Å²) >= 11 is 0. The molecule has 0 radical (unpaired) electrons. The first kappa shape index (κ1) is 12.3. The summed E-state index contributed by atoms with van der Waals surface area (Å²) < 4.78 is 0. The number of aliphatic hydroxyl groups is 1. The van der Waals surface area contributed by atoms with Crippen LogP contribution in [0.2, 0.25) is 0 Å². The Kier molecular flexibility index (Phi) is 3.88. The molecular formula is C13H26N2O. The van der Waals surface area contributed by atoms with E-state index in [0.717, 1.165) is 19.0 Å². The van der Waals surface area contributed by atoms with E-state index in [1.165, 1.54) is 32.4 Å². The second-order valence-electron chi connectivity index (χ2n) is 6.16. The van der Waals surface area contributed by atoms with Gasteiger partial charge in [-0.1, -0.05) is 13.8 Å². The third-order valence-electron chi connectivity index (χ3n) is 4.24. The lowest BCUT2D eigenvalue weighted by molar-refractivity contribution is 0.198. The maximum atomic E-state index is 9.01. The summed E-state index contributed by atoms with van der Waals surface area (Å²) in [7, 11) is 0. The van der Waals surface area contributed by atoms with Crippen LogP contribution in [0.25, 0.3) is 0 Å². The molecule has 2 atom stereocenters. The van der Waals surface area contributed by atoms with Gasteiger partial charge < -0.3 is 10.4 Å². The summed E-state index contributed by atoms with van der Waals surface area (Å²) in [4.78, 5) is 2.64. The van der Waals surface area contributed by atoms with E-state index in [1.54, 1.807) is 0 Å². The monoisotopic (exact) mass is 226 g/mol. The van der Waals surface area contributed by atoms with Gasteiger partial charge in [-0.25, -0.2) is 0 Å². The normalized spacial score (nSPS) is 30.9. The van der Waals surface area contributed by atoms with Gasteiger partial charge in [0, 0.05) is 31.8 Å². The summed E-state index contributed by atoms with van der Waals surface area (Å²) in [5, 5.41) is 12.7. The summed E-state index contributed by atoms with van der Waals surface area (Å²) in [6.07, 6.45) is 4.95. The molecule has 2 saturated heterocycles. The average molecular weight is 226 g/mol. The Bertz CT molecular complexity index is 230. The van der Waals surface area contributed by atoms with E-state index in [9.17, 15) is 0 Å². The molecule has 2 aliphatic rings. The molecule has 0 aromatic heterocycles. The predicted octanol–water partition coefficient (Wildman–Crippen LogP) is 1.22. The van der Waals surface area contributed by atoms with Gasteiger partial charge in [0.05, 0.1) is 0 Å². The van der Waals surface area contributed by atoms with Crippen molar-refractivity contribution in [3.8, 4) is 0 Å². The molecule has 94 valence electrons. The molecule has 0 amide bonds. The Labute approximate surface area is 99.2 Å². The minimum atomic E-state index is 0.223. The number of aliphatic hydroxyl groups excluding tert-OH is 1. The molecule has 2 fully saturated rings. The molecule has 0 saturated carbocycles. The first-order valence-corrected chi connectivity index (χ1v) is 6.71. The fourth-order valence-electron chi connectivity index (χ4n) is 3.12. The van der Waals surface area contributed by atoms with Gasteiger partial charge in [0.2, 0.25) is 0 Å². The van der Waals surface area contributed by atoms with Crippen molar-refractivity contribution in [2.75, 3.05) is 26.2 Å². The molecular weight excluding hydrogens is 200 g/mol. The van der Waals surface area contributed by atoms with Gasteiger partial charge in [0.25, 0.3) is 0 Å². The highest BCUT2D eigenvalue weighted by Crippen LogP contribution is 2.28. The SMILES string of the molecule is CC(C)(CCO)CNC1CCN2CCCC12. The van der Waals surface area contributed by atoms with Gasteiger partial charge in [-0.3, -0.25) is 4.90 Å². The third-order valence-corrected chi connectivity index (χ3v) is 4.24. The van der Waals surface area contributed by atoms with E-state index >= 15 is 0 Å². The highest BCUT2D eigenvalue weighted by Gasteiger charge is 2.37. The largest absolute Gasteiger partial charge is 0.396 e. The van der Waals surface area contributed by atoms with Crippen LogP contribution in [0.4, 0.5) is 0 Å². The first-order valence-electron chi connectivity index (χ1n) is 6.71. The highest BCUT2D eigenvalue weighted by molar-refractivity contribution is 4.96. The van der Waals surface area contributed by atoms with Gasteiger partial charge in [-0.15, -0.1) is 0 Å². The smallest absolute Gasteiger partial charge is 0.0436 e. The van der Waals surface area contributed by atoms with Gasteiger partial charge in [0.1, 0.15) is 0 Å². The Morgan fingerprint density at radius 1 is 1.31 bits per heavy atom. The maximum absolute atomic E-state index is 9.01. The van der Waals surface area contributed by atoms with E-state index in [1.807, 2.05) is 0 Å². The van der Waals surface area contributed by atoms with Gasteiger partial charge in [-0.2, -0.15) is 0 Å². The van der Waals surface area contributed by atoms with Crippen molar-refractivity contribution in [1.82, 2.24) is 10.2 Å². The van der Waals surface area contributed by atoms with Crippen molar-refractivity contribution < 1.29 is 5.11 Å². The second kappa shape index (κ2) is 5.03. The lowest BCUT2D eigenvalue weighted by atomic mass is 9.89. The molecule has 2 aliphatic heterocycles. The fourth-order valence-corrected chi connectivity index (χ4v) is 3.12. The molecule has 3 heteroatoms. The van der Waals surface area contributed by atoms with Crippen molar-refractivity contribution in [3.63, 3.8) is 0 Å². The average Bonchev–Trinajstić information content (AvgIpc) is 2.76. The van der Waals surface area contributed by atoms with Crippen LogP contribution in [-0.4, -0.2) is 48.3 Å². The first-order chi connectivity index (χ1) is 7.62. The Hall–Kier alpha value is -0.120. The van der Waals surface area contributed by atoms with Crippen LogP contribution in [0.5, 0.6) is 0 Å². The van der Waals surface area contributed by atoms with Gasteiger partial charge in [-0.05, 0) is 37.6 Å². The van der Waals surface area contributed by atoms with Crippen molar-refractivity contribution >= 4 is 0 Å². The zero-order chi connectivity index (χ0) is 11.6. The van der Waals surface area contributed by atoms with E-state index in [0.29, 0.717) is 12.6 Å². The van der Waals surface area contributed by atoms with Crippen molar-refractivity contribution in [2.45, 2.75) is 51.6 Å². The summed E-state index contributed by atoms with van der Waals surface area (Å²) in [6, 6.07) is 1.49. The fraction of sp³-hybridized carbons (Fsp3) is 1.00. The van der Waals surface area contributed by atoms with Crippen LogP contribution in [0.15, 0.2) is 0 Å². The van der Waals surface area contributed by atoms with Crippen LogP contribution in [0, 0.1) is 5.41 Å². The molecule has 2 unspecified atom stereocenters. The number of hydrogen-bond donors (Lipinski definition) is 2. The molecule has 2 N–H and O–H groups in total. The lowest BCUT2D eigenvalue weighted by Crippen LogP contribution is -2.43. The number of nitrogens with one attached hydrogen (secondary N) is 1. The van der Waals surface area contributed by atoms with E-state index in [2.05, 4.69) is 24.1 Å². The Morgan fingerprint density at radius 3 is 2.88 bits per heavy atom. The second-order valence-corrected chi connectivity index (χ2v) is 6.16. The summed E-state index contributed by atoms with van der Waals surface area (Å²) in [5.74, 6) is 0. The molecule has 0 spiro atoms. The Balaban J connectivity index is 1.77. The van der Waals surface area contributed by atoms with Crippen molar-refractivity contribution in [2.24, 2.45) is 5.41 Å². The van der Waals surface area contributed by atoms with Gasteiger partial charge in [0.15, 0.2) is 0 Å². The molecule has 0 aromatic carbocycles. The topological polar surface area (TPSA) is 35.5 Å². The minimum absolute atomic E-state index is 0.223. The molecule has 0 aromatic rings. The number of nitrogens with zero attached hydrogens (tertiary/aromatic N) is 1. The molecule has 16 heavy (non-hydrogen) atoms. The van der Waals surface area contributed by atoms with E-state index in [-0.39, 0.29) is 5.41 Å². The minimum Gasteiger partial charge on any atom is -0.396 e. The van der Waals surface area contributed by atoms with Crippen molar-refractivity contribution in [3.05, 3.63) is 0 Å². The number of fused-ring (bicyclic) bond motifs is 1. The van der Waals surface area contributed by atoms with Gasteiger partial charge >= 0.3 is 0 Å². The Morgan fingerprint density at radius 2 is 2.12 bits per heavy atom. The highest BCUT2D eigenvalue weighted by atomic mass is 16.3. The third kappa shape index (κ3) is 2.76. The number of rotatable bonds is 5. The van der Waals surface area contributed by atoms with Crippen LogP contribution in [-0.2, 0) is 0 Å². The van der Waals surface area contributed by atoms with Crippen LogP contribution in [0.1, 0.15) is 39.5 Å².